The Kier molecular flexibility index (Phi) is 4.38. The predicted molar refractivity (Wildman–Crippen MR) is 105 cm³/mol. The van der Waals surface area contributed by atoms with Gasteiger partial charge in [0, 0.05) is 29.6 Å². The van der Waals surface area contributed by atoms with E-state index < -0.39 is 5.97 Å². The topological polar surface area (TPSA) is 54.3 Å². The third kappa shape index (κ3) is 2.96. The smallest absolute Gasteiger partial charge is 0.352 e. The van der Waals surface area contributed by atoms with Crippen LogP contribution in [0.5, 0.6) is 0 Å². The van der Waals surface area contributed by atoms with Crippen molar-refractivity contribution in [3.05, 3.63) is 83.3 Å². The van der Waals surface area contributed by atoms with Crippen LogP contribution in [0.3, 0.4) is 0 Å². The van der Waals surface area contributed by atoms with Crippen molar-refractivity contribution >= 4 is 27.6 Å². The average Bonchev–Trinajstić information content (AvgIpc) is 2.95. The summed E-state index contributed by atoms with van der Waals surface area (Å²) in [5.74, 6) is -1.39. The molecule has 0 saturated carbocycles. The summed E-state index contributed by atoms with van der Waals surface area (Å²) in [5.41, 5.74) is 2.53. The molecule has 0 bridgehead atoms. The van der Waals surface area contributed by atoms with Crippen LogP contribution < -0.4 is 5.32 Å². The van der Waals surface area contributed by atoms with Gasteiger partial charge < -0.3 is 15.0 Å². The summed E-state index contributed by atoms with van der Waals surface area (Å²) in [6.07, 6.45) is 0. The Bertz CT molecular complexity index is 1160. The monoisotopic (exact) mass is 362 g/mol. The van der Waals surface area contributed by atoms with Crippen LogP contribution in [0.4, 0.5) is 4.39 Å². The number of aromatic carboxylic acids is 1. The quantitative estimate of drug-likeness (QED) is 0.553. The molecule has 136 valence electrons. The number of nitrogens with zero attached hydrogens (tertiary/aromatic N) is 1. The number of benzene rings is 3. The fraction of sp³-hybridized carbons (Fsp3) is 0.136. The van der Waals surface area contributed by atoms with E-state index in [1.165, 1.54) is 12.1 Å². The molecule has 0 spiro atoms. The molecule has 5 heteroatoms. The summed E-state index contributed by atoms with van der Waals surface area (Å²) in [6, 6.07) is 18.5. The molecule has 0 unspecified atom stereocenters. The fourth-order valence-corrected chi connectivity index (χ4v) is 3.76. The Morgan fingerprint density at radius 2 is 1.85 bits per heavy atom. The molecule has 0 atom stereocenters. The first-order valence-electron chi connectivity index (χ1n) is 8.75. The second-order valence-electron chi connectivity index (χ2n) is 6.55. The number of halogens is 1. The van der Waals surface area contributed by atoms with Crippen molar-refractivity contribution in [1.82, 2.24) is 9.88 Å². The highest BCUT2D eigenvalue weighted by atomic mass is 19.1. The molecule has 4 nitrogen and oxygen atoms in total. The third-order valence-electron chi connectivity index (χ3n) is 4.89. The van der Waals surface area contributed by atoms with Gasteiger partial charge in [-0.3, -0.25) is 0 Å². The van der Waals surface area contributed by atoms with Crippen molar-refractivity contribution in [2.45, 2.75) is 13.1 Å². The summed E-state index contributed by atoms with van der Waals surface area (Å²) in [4.78, 5) is 12.1. The number of aromatic nitrogens is 1. The standard InChI is InChI=1S/C22H19FN2O2/c1-24-12-19-18-11-16(23)9-10-20(18)25(21(19)22(26)27)13-15-7-4-6-14-5-2-3-8-17(14)15/h2-11,24H,12-13H2,1H3,(H,26,27). The number of hydrogen-bond donors (Lipinski definition) is 2. The van der Waals surface area contributed by atoms with Crippen LogP contribution >= 0.6 is 0 Å². The Morgan fingerprint density at radius 1 is 1.07 bits per heavy atom. The molecular formula is C22H19FN2O2. The largest absolute Gasteiger partial charge is 0.477 e. The zero-order chi connectivity index (χ0) is 19.0. The molecule has 1 aromatic heterocycles. The lowest BCUT2D eigenvalue weighted by Crippen LogP contribution is -2.14. The van der Waals surface area contributed by atoms with E-state index in [4.69, 9.17) is 0 Å². The first kappa shape index (κ1) is 17.2. The highest BCUT2D eigenvalue weighted by Gasteiger charge is 2.22. The SMILES string of the molecule is CNCc1c(C(=O)O)n(Cc2cccc3ccccc23)c2ccc(F)cc12. The number of carbonyl (C=O) groups is 1. The van der Waals surface area contributed by atoms with E-state index >= 15 is 0 Å². The van der Waals surface area contributed by atoms with E-state index in [0.29, 0.717) is 29.6 Å². The number of nitrogens with one attached hydrogen (secondary N) is 1. The van der Waals surface area contributed by atoms with Gasteiger partial charge in [0.1, 0.15) is 11.5 Å². The third-order valence-corrected chi connectivity index (χ3v) is 4.89. The molecule has 0 aliphatic heterocycles. The van der Waals surface area contributed by atoms with Gasteiger partial charge in [0.2, 0.25) is 0 Å². The Hall–Kier alpha value is -3.18. The fourth-order valence-electron chi connectivity index (χ4n) is 3.76. The van der Waals surface area contributed by atoms with Gasteiger partial charge in [-0.15, -0.1) is 0 Å². The van der Waals surface area contributed by atoms with E-state index in [0.717, 1.165) is 16.3 Å². The average molecular weight is 362 g/mol. The first-order valence-corrected chi connectivity index (χ1v) is 8.75. The van der Waals surface area contributed by atoms with Crippen LogP contribution in [0.25, 0.3) is 21.7 Å². The van der Waals surface area contributed by atoms with Gasteiger partial charge in [0.05, 0.1) is 0 Å². The van der Waals surface area contributed by atoms with Crippen molar-refractivity contribution in [3.63, 3.8) is 0 Å². The van der Waals surface area contributed by atoms with Gasteiger partial charge in [-0.1, -0.05) is 42.5 Å². The van der Waals surface area contributed by atoms with Gasteiger partial charge >= 0.3 is 5.97 Å². The Morgan fingerprint density at radius 3 is 2.63 bits per heavy atom. The molecule has 0 aliphatic rings. The lowest BCUT2D eigenvalue weighted by atomic mass is 10.0. The Labute approximate surface area is 155 Å². The number of fused-ring (bicyclic) bond motifs is 2. The van der Waals surface area contributed by atoms with Gasteiger partial charge in [-0.05, 0) is 41.6 Å². The van der Waals surface area contributed by atoms with Crippen LogP contribution in [0, 0.1) is 5.82 Å². The summed E-state index contributed by atoms with van der Waals surface area (Å²) in [6.45, 7) is 0.749. The van der Waals surface area contributed by atoms with Crippen LogP contribution in [-0.2, 0) is 13.1 Å². The van der Waals surface area contributed by atoms with Crippen molar-refractivity contribution in [3.8, 4) is 0 Å². The molecule has 2 N–H and O–H groups in total. The summed E-state index contributed by atoms with van der Waals surface area (Å²) in [5, 5.41) is 15.7. The van der Waals surface area contributed by atoms with Crippen LogP contribution in [0.15, 0.2) is 60.7 Å². The van der Waals surface area contributed by atoms with E-state index in [9.17, 15) is 14.3 Å². The maximum absolute atomic E-state index is 13.9. The normalized spacial score (nSPS) is 11.3. The van der Waals surface area contributed by atoms with Crippen LogP contribution in [0.1, 0.15) is 21.6 Å². The number of carboxylic acids is 1. The highest BCUT2D eigenvalue weighted by molar-refractivity contribution is 5.98. The second kappa shape index (κ2) is 6.85. The minimum absolute atomic E-state index is 0.192. The van der Waals surface area contributed by atoms with Crippen molar-refractivity contribution < 1.29 is 14.3 Å². The van der Waals surface area contributed by atoms with Gasteiger partial charge in [-0.25, -0.2) is 9.18 Å². The summed E-state index contributed by atoms with van der Waals surface area (Å²) in [7, 11) is 1.75. The number of hydrogen-bond acceptors (Lipinski definition) is 2. The maximum Gasteiger partial charge on any atom is 0.352 e. The Balaban J connectivity index is 1.98. The molecule has 3 aromatic carbocycles. The summed E-state index contributed by atoms with van der Waals surface area (Å²) >= 11 is 0. The van der Waals surface area contributed by atoms with Crippen molar-refractivity contribution in [1.29, 1.82) is 0 Å². The minimum atomic E-state index is -1.02. The molecule has 27 heavy (non-hydrogen) atoms. The van der Waals surface area contributed by atoms with Crippen LogP contribution in [0.2, 0.25) is 0 Å². The zero-order valence-electron chi connectivity index (χ0n) is 14.9. The molecule has 0 aliphatic carbocycles. The van der Waals surface area contributed by atoms with E-state index in [2.05, 4.69) is 5.32 Å². The lowest BCUT2D eigenvalue weighted by Gasteiger charge is -2.12. The molecule has 4 rings (SSSR count). The number of rotatable bonds is 5. The van der Waals surface area contributed by atoms with Crippen molar-refractivity contribution in [2.24, 2.45) is 0 Å². The predicted octanol–water partition coefficient (Wildman–Crippen LogP) is 4.40. The molecule has 0 amide bonds. The van der Waals surface area contributed by atoms with Crippen molar-refractivity contribution in [2.75, 3.05) is 7.05 Å². The first-order chi connectivity index (χ1) is 13.1. The van der Waals surface area contributed by atoms with E-state index in [1.54, 1.807) is 17.7 Å². The molecular weight excluding hydrogens is 343 g/mol. The van der Waals surface area contributed by atoms with Gasteiger partial charge in [0.25, 0.3) is 0 Å². The van der Waals surface area contributed by atoms with Crippen LogP contribution in [-0.4, -0.2) is 22.7 Å². The van der Waals surface area contributed by atoms with Gasteiger partial charge in [0.15, 0.2) is 0 Å². The molecule has 1 heterocycles. The van der Waals surface area contributed by atoms with E-state index in [-0.39, 0.29) is 11.5 Å². The highest BCUT2D eigenvalue weighted by Crippen LogP contribution is 2.30. The maximum atomic E-state index is 13.9. The molecule has 0 saturated heterocycles. The molecule has 0 radical (unpaired) electrons. The molecule has 0 fully saturated rings. The second-order valence-corrected chi connectivity index (χ2v) is 6.55. The van der Waals surface area contributed by atoms with E-state index in [1.807, 2.05) is 42.5 Å². The van der Waals surface area contributed by atoms with Gasteiger partial charge in [-0.2, -0.15) is 0 Å². The minimum Gasteiger partial charge on any atom is -0.477 e. The summed E-state index contributed by atoms with van der Waals surface area (Å²) < 4.78 is 15.6. The lowest BCUT2D eigenvalue weighted by molar-refractivity contribution is 0.0685. The molecule has 4 aromatic rings. The zero-order valence-corrected chi connectivity index (χ0v) is 14.9. The number of carboxylic acid groups (broad SMARTS) is 1.